The van der Waals surface area contributed by atoms with E-state index in [1.165, 1.54) is 7.11 Å². The number of hydrogen-bond acceptors (Lipinski definition) is 3. The first kappa shape index (κ1) is 8.49. The van der Waals surface area contributed by atoms with Gasteiger partial charge in [0, 0.05) is 20.2 Å². The summed E-state index contributed by atoms with van der Waals surface area (Å²) in [7, 11) is 1.53. The van der Waals surface area contributed by atoms with E-state index in [-0.39, 0.29) is 12.5 Å². The largest absolute Gasteiger partial charge is 0.378 e. The van der Waals surface area contributed by atoms with Crippen LogP contribution in [0.15, 0.2) is 0 Å². The zero-order valence-corrected chi connectivity index (χ0v) is 6.71. The molecule has 0 saturated carbocycles. The molecule has 0 atom stereocenters. The van der Waals surface area contributed by atoms with Gasteiger partial charge in [0.05, 0.1) is 13.2 Å². The Labute approximate surface area is 66.1 Å². The second kappa shape index (κ2) is 4.31. The van der Waals surface area contributed by atoms with E-state index < -0.39 is 0 Å². The van der Waals surface area contributed by atoms with Gasteiger partial charge in [0.25, 0.3) is 0 Å². The number of methoxy groups -OCH3 is 1. The standard InChI is InChI=1S/C7H13NO3/c1-10-6-7(9)8-2-4-11-5-3-8/h2-6H2,1H3. The molecule has 0 aromatic carbocycles. The number of ether oxygens (including phenoxy) is 2. The average molecular weight is 159 g/mol. The van der Waals surface area contributed by atoms with Crippen molar-refractivity contribution < 1.29 is 14.3 Å². The van der Waals surface area contributed by atoms with Gasteiger partial charge < -0.3 is 14.4 Å². The maximum Gasteiger partial charge on any atom is 0.248 e. The van der Waals surface area contributed by atoms with Crippen molar-refractivity contribution in [3.63, 3.8) is 0 Å². The summed E-state index contributed by atoms with van der Waals surface area (Å²) in [6, 6.07) is 0. The SMILES string of the molecule is COCC(=O)N1CCOCC1. The fraction of sp³-hybridized carbons (Fsp3) is 0.857. The molecule has 4 nitrogen and oxygen atoms in total. The van der Waals surface area contributed by atoms with Crippen molar-refractivity contribution >= 4 is 5.91 Å². The van der Waals surface area contributed by atoms with Crippen LogP contribution in [0.25, 0.3) is 0 Å². The van der Waals surface area contributed by atoms with Crippen LogP contribution in [0.2, 0.25) is 0 Å². The highest BCUT2D eigenvalue weighted by molar-refractivity contribution is 5.77. The summed E-state index contributed by atoms with van der Waals surface area (Å²) in [5, 5.41) is 0. The lowest BCUT2D eigenvalue weighted by molar-refractivity contribution is -0.139. The molecule has 0 spiro atoms. The number of amides is 1. The first-order chi connectivity index (χ1) is 5.34. The fourth-order valence-electron chi connectivity index (χ4n) is 1.03. The van der Waals surface area contributed by atoms with E-state index in [4.69, 9.17) is 9.47 Å². The zero-order valence-electron chi connectivity index (χ0n) is 6.71. The summed E-state index contributed by atoms with van der Waals surface area (Å²) in [5.74, 6) is 0.0517. The topological polar surface area (TPSA) is 38.8 Å². The predicted octanol–water partition coefficient (Wildman–Crippen LogP) is -0.508. The molecular formula is C7H13NO3. The maximum atomic E-state index is 11.1. The van der Waals surface area contributed by atoms with Crippen LogP contribution in [0.5, 0.6) is 0 Å². The van der Waals surface area contributed by atoms with E-state index in [1.807, 2.05) is 0 Å². The summed E-state index contributed by atoms with van der Waals surface area (Å²) in [4.78, 5) is 12.9. The van der Waals surface area contributed by atoms with Gasteiger partial charge in [-0.2, -0.15) is 0 Å². The fourth-order valence-corrected chi connectivity index (χ4v) is 1.03. The molecule has 1 aliphatic rings. The molecule has 0 N–H and O–H groups in total. The lowest BCUT2D eigenvalue weighted by Crippen LogP contribution is -2.42. The normalized spacial score (nSPS) is 18.5. The van der Waals surface area contributed by atoms with Crippen LogP contribution in [-0.4, -0.2) is 50.8 Å². The Morgan fingerprint density at radius 3 is 2.73 bits per heavy atom. The van der Waals surface area contributed by atoms with Crippen LogP contribution < -0.4 is 0 Å². The quantitative estimate of drug-likeness (QED) is 0.545. The lowest BCUT2D eigenvalue weighted by atomic mass is 10.4. The molecule has 1 saturated heterocycles. The molecular weight excluding hydrogens is 146 g/mol. The number of hydrogen-bond donors (Lipinski definition) is 0. The van der Waals surface area contributed by atoms with E-state index in [1.54, 1.807) is 4.90 Å². The van der Waals surface area contributed by atoms with E-state index in [9.17, 15) is 4.79 Å². The van der Waals surface area contributed by atoms with Gasteiger partial charge in [0.2, 0.25) is 5.91 Å². The molecule has 1 amide bonds. The van der Waals surface area contributed by atoms with Gasteiger partial charge in [0.1, 0.15) is 6.61 Å². The highest BCUT2D eigenvalue weighted by Gasteiger charge is 2.15. The van der Waals surface area contributed by atoms with Crippen molar-refractivity contribution in [1.29, 1.82) is 0 Å². The molecule has 0 aromatic heterocycles. The Balaban J connectivity index is 2.27. The van der Waals surface area contributed by atoms with Crippen LogP contribution in [0.3, 0.4) is 0 Å². The third kappa shape index (κ3) is 2.48. The monoisotopic (exact) mass is 159 g/mol. The molecule has 0 aromatic rings. The van der Waals surface area contributed by atoms with Gasteiger partial charge in [-0.3, -0.25) is 4.79 Å². The van der Waals surface area contributed by atoms with Crippen molar-refractivity contribution in [2.75, 3.05) is 40.0 Å². The number of rotatable bonds is 2. The van der Waals surface area contributed by atoms with Gasteiger partial charge >= 0.3 is 0 Å². The molecule has 1 heterocycles. The number of nitrogens with zero attached hydrogens (tertiary/aromatic N) is 1. The lowest BCUT2D eigenvalue weighted by Gasteiger charge is -2.26. The molecule has 0 bridgehead atoms. The molecule has 1 aliphatic heterocycles. The van der Waals surface area contributed by atoms with Crippen molar-refractivity contribution in [2.24, 2.45) is 0 Å². The van der Waals surface area contributed by atoms with Crippen molar-refractivity contribution in [2.45, 2.75) is 0 Å². The minimum absolute atomic E-state index is 0.0517. The molecule has 4 heteroatoms. The third-order valence-electron chi connectivity index (χ3n) is 1.63. The summed E-state index contributed by atoms with van der Waals surface area (Å²) < 4.78 is 9.82. The number of carbonyl (C=O) groups excluding carboxylic acids is 1. The molecule has 1 fully saturated rings. The van der Waals surface area contributed by atoms with Crippen molar-refractivity contribution in [3.05, 3.63) is 0 Å². The summed E-state index contributed by atoms with van der Waals surface area (Å²) in [5.41, 5.74) is 0. The predicted molar refractivity (Wildman–Crippen MR) is 39.3 cm³/mol. The Morgan fingerprint density at radius 2 is 2.18 bits per heavy atom. The molecule has 0 radical (unpaired) electrons. The molecule has 11 heavy (non-hydrogen) atoms. The minimum atomic E-state index is 0.0517. The number of morpholine rings is 1. The zero-order chi connectivity index (χ0) is 8.10. The highest BCUT2D eigenvalue weighted by atomic mass is 16.5. The van der Waals surface area contributed by atoms with Crippen LogP contribution in [0.4, 0.5) is 0 Å². The van der Waals surface area contributed by atoms with Gasteiger partial charge in [0.15, 0.2) is 0 Å². The van der Waals surface area contributed by atoms with Crippen LogP contribution in [0.1, 0.15) is 0 Å². The second-order valence-corrected chi connectivity index (χ2v) is 2.43. The summed E-state index contributed by atoms with van der Waals surface area (Å²) in [6.45, 7) is 2.87. The Kier molecular flexibility index (Phi) is 3.32. The van der Waals surface area contributed by atoms with Gasteiger partial charge in [-0.1, -0.05) is 0 Å². The maximum absolute atomic E-state index is 11.1. The van der Waals surface area contributed by atoms with Crippen LogP contribution >= 0.6 is 0 Å². The molecule has 1 rings (SSSR count). The van der Waals surface area contributed by atoms with E-state index in [0.29, 0.717) is 26.3 Å². The highest BCUT2D eigenvalue weighted by Crippen LogP contribution is 1.96. The van der Waals surface area contributed by atoms with E-state index >= 15 is 0 Å². The van der Waals surface area contributed by atoms with Crippen LogP contribution in [-0.2, 0) is 14.3 Å². The van der Waals surface area contributed by atoms with Gasteiger partial charge in [-0.25, -0.2) is 0 Å². The Bertz CT molecular complexity index is 132. The minimum Gasteiger partial charge on any atom is -0.378 e. The average Bonchev–Trinajstić information content (AvgIpc) is 2.07. The van der Waals surface area contributed by atoms with Crippen molar-refractivity contribution in [1.82, 2.24) is 4.90 Å². The first-order valence-corrected chi connectivity index (χ1v) is 3.69. The second-order valence-electron chi connectivity index (χ2n) is 2.43. The summed E-state index contributed by atoms with van der Waals surface area (Å²) in [6.07, 6.45) is 0. The first-order valence-electron chi connectivity index (χ1n) is 3.69. The number of carbonyl (C=O) groups is 1. The third-order valence-corrected chi connectivity index (χ3v) is 1.63. The van der Waals surface area contributed by atoms with E-state index in [2.05, 4.69) is 0 Å². The van der Waals surface area contributed by atoms with Crippen LogP contribution in [0, 0.1) is 0 Å². The van der Waals surface area contributed by atoms with Gasteiger partial charge in [-0.05, 0) is 0 Å². The molecule has 0 aliphatic carbocycles. The van der Waals surface area contributed by atoms with Gasteiger partial charge in [-0.15, -0.1) is 0 Å². The van der Waals surface area contributed by atoms with E-state index in [0.717, 1.165) is 0 Å². The molecule has 0 unspecified atom stereocenters. The summed E-state index contributed by atoms with van der Waals surface area (Å²) >= 11 is 0. The smallest absolute Gasteiger partial charge is 0.248 e. The Hall–Kier alpha value is -0.610. The van der Waals surface area contributed by atoms with Crippen molar-refractivity contribution in [3.8, 4) is 0 Å². The molecule has 64 valence electrons. The Morgan fingerprint density at radius 1 is 1.55 bits per heavy atom.